The molecule has 3 nitrogen and oxygen atoms in total. The van der Waals surface area contributed by atoms with Crippen molar-refractivity contribution in [2.24, 2.45) is 0 Å². The predicted octanol–water partition coefficient (Wildman–Crippen LogP) is 4.47. The van der Waals surface area contributed by atoms with Gasteiger partial charge in [0.2, 0.25) is 5.91 Å². The zero-order chi connectivity index (χ0) is 16.8. The number of benzene rings is 2. The van der Waals surface area contributed by atoms with Crippen LogP contribution in [0.3, 0.4) is 0 Å². The summed E-state index contributed by atoms with van der Waals surface area (Å²) < 4.78 is 0. The summed E-state index contributed by atoms with van der Waals surface area (Å²) in [6, 6.07) is 14.4. The van der Waals surface area contributed by atoms with E-state index in [0.717, 1.165) is 11.4 Å². The molecule has 0 radical (unpaired) electrons. The second-order valence-corrected chi connectivity index (χ2v) is 5.95. The zero-order valence-corrected chi connectivity index (χ0v) is 14.5. The fraction of sp³-hybridized carbons (Fsp3) is 0.350. The molecule has 1 N–H and O–H groups in total. The highest BCUT2D eigenvalue weighted by Gasteiger charge is 2.13. The van der Waals surface area contributed by atoms with E-state index in [4.69, 9.17) is 0 Å². The first-order valence-corrected chi connectivity index (χ1v) is 8.19. The molecule has 0 spiro atoms. The number of aryl methyl sites for hydroxylation is 3. The molecule has 2 rings (SSSR count). The Morgan fingerprint density at radius 2 is 1.83 bits per heavy atom. The fourth-order valence-corrected chi connectivity index (χ4v) is 2.60. The quantitative estimate of drug-likeness (QED) is 0.854. The Bertz CT molecular complexity index is 679. The van der Waals surface area contributed by atoms with Crippen molar-refractivity contribution in [3.05, 3.63) is 59.2 Å². The van der Waals surface area contributed by atoms with Gasteiger partial charge in [-0.05, 0) is 68.7 Å². The Labute approximate surface area is 139 Å². The molecule has 1 amide bonds. The van der Waals surface area contributed by atoms with E-state index in [-0.39, 0.29) is 5.91 Å². The average molecular weight is 310 g/mol. The number of anilines is 2. The molecule has 0 aromatic heterocycles. The summed E-state index contributed by atoms with van der Waals surface area (Å²) >= 11 is 0. The monoisotopic (exact) mass is 310 g/mol. The molecule has 0 fully saturated rings. The summed E-state index contributed by atoms with van der Waals surface area (Å²) in [7, 11) is 0. The summed E-state index contributed by atoms with van der Waals surface area (Å²) in [5.74, 6) is 0.148. The number of hydrogen-bond acceptors (Lipinski definition) is 2. The molecule has 0 aliphatic carbocycles. The van der Waals surface area contributed by atoms with E-state index in [1.54, 1.807) is 0 Å². The summed E-state index contributed by atoms with van der Waals surface area (Å²) in [6.07, 6.45) is 0.481. The van der Waals surface area contributed by atoms with Gasteiger partial charge in [-0.15, -0.1) is 0 Å². The molecule has 0 heterocycles. The van der Waals surface area contributed by atoms with Crippen molar-refractivity contribution in [2.75, 3.05) is 23.3 Å². The van der Waals surface area contributed by atoms with Crippen LogP contribution in [-0.4, -0.2) is 19.0 Å². The number of nitrogens with one attached hydrogen (secondary N) is 1. The molecule has 122 valence electrons. The van der Waals surface area contributed by atoms with Crippen LogP contribution in [-0.2, 0) is 4.79 Å². The molecule has 3 heteroatoms. The lowest BCUT2D eigenvalue weighted by atomic mass is 10.1. The summed E-state index contributed by atoms with van der Waals surface area (Å²) in [6.45, 7) is 9.58. The molecule has 0 atom stereocenters. The minimum absolute atomic E-state index is 0.148. The average Bonchev–Trinajstić information content (AvgIpc) is 2.52. The van der Waals surface area contributed by atoms with Crippen LogP contribution in [0.2, 0.25) is 0 Å². The molecule has 23 heavy (non-hydrogen) atoms. The van der Waals surface area contributed by atoms with E-state index in [1.807, 2.05) is 36.9 Å². The van der Waals surface area contributed by atoms with Crippen molar-refractivity contribution in [3.63, 3.8) is 0 Å². The topological polar surface area (TPSA) is 32.3 Å². The van der Waals surface area contributed by atoms with Crippen LogP contribution in [0.1, 0.15) is 30.0 Å². The summed E-state index contributed by atoms with van der Waals surface area (Å²) in [4.78, 5) is 14.3. The number of rotatable bonds is 6. The van der Waals surface area contributed by atoms with Crippen LogP contribution in [0.15, 0.2) is 42.5 Å². The van der Waals surface area contributed by atoms with Crippen molar-refractivity contribution in [1.82, 2.24) is 0 Å². The zero-order valence-electron chi connectivity index (χ0n) is 14.5. The number of carbonyl (C=O) groups excluding carboxylic acids is 1. The number of nitrogens with zero attached hydrogens (tertiary/aromatic N) is 1. The second kappa shape index (κ2) is 7.82. The van der Waals surface area contributed by atoms with E-state index in [1.165, 1.54) is 16.7 Å². The van der Waals surface area contributed by atoms with Gasteiger partial charge in [-0.1, -0.05) is 18.2 Å². The third-order valence-corrected chi connectivity index (χ3v) is 4.11. The summed E-state index contributed by atoms with van der Waals surface area (Å²) in [5, 5.41) is 3.34. The van der Waals surface area contributed by atoms with Crippen LogP contribution in [0, 0.1) is 20.8 Å². The van der Waals surface area contributed by atoms with Crippen LogP contribution in [0.5, 0.6) is 0 Å². The maximum absolute atomic E-state index is 12.5. The van der Waals surface area contributed by atoms with E-state index in [2.05, 4.69) is 43.4 Å². The highest BCUT2D eigenvalue weighted by molar-refractivity contribution is 5.93. The van der Waals surface area contributed by atoms with E-state index >= 15 is 0 Å². The van der Waals surface area contributed by atoms with Crippen LogP contribution in [0.25, 0.3) is 0 Å². The van der Waals surface area contributed by atoms with Crippen LogP contribution >= 0.6 is 0 Å². The van der Waals surface area contributed by atoms with Crippen LogP contribution < -0.4 is 10.2 Å². The van der Waals surface area contributed by atoms with E-state index in [0.29, 0.717) is 19.5 Å². The van der Waals surface area contributed by atoms with Gasteiger partial charge in [0.1, 0.15) is 0 Å². The van der Waals surface area contributed by atoms with Gasteiger partial charge in [-0.25, -0.2) is 0 Å². The van der Waals surface area contributed by atoms with Gasteiger partial charge >= 0.3 is 0 Å². The maximum atomic E-state index is 12.5. The standard InChI is InChI=1S/C20H26N2O/c1-5-22(19-8-6-7-15(2)13-19)20(23)11-12-21-18-10-9-16(3)17(4)14-18/h6-10,13-14,21H,5,11-12H2,1-4H3. The lowest BCUT2D eigenvalue weighted by Gasteiger charge is -2.21. The molecule has 0 saturated carbocycles. The van der Waals surface area contributed by atoms with Crippen molar-refractivity contribution < 1.29 is 4.79 Å². The third kappa shape index (κ3) is 4.59. The van der Waals surface area contributed by atoms with Gasteiger partial charge in [0, 0.05) is 30.9 Å². The van der Waals surface area contributed by atoms with Gasteiger partial charge in [0.05, 0.1) is 0 Å². The predicted molar refractivity (Wildman–Crippen MR) is 98.2 cm³/mol. The lowest BCUT2D eigenvalue weighted by Crippen LogP contribution is -2.31. The first-order valence-electron chi connectivity index (χ1n) is 8.19. The molecule has 2 aromatic carbocycles. The van der Waals surface area contributed by atoms with Crippen molar-refractivity contribution in [3.8, 4) is 0 Å². The number of carbonyl (C=O) groups is 1. The Balaban J connectivity index is 1.93. The normalized spacial score (nSPS) is 10.4. The van der Waals surface area contributed by atoms with Crippen molar-refractivity contribution in [2.45, 2.75) is 34.1 Å². The fourth-order valence-electron chi connectivity index (χ4n) is 2.60. The molecule has 0 aliphatic heterocycles. The second-order valence-electron chi connectivity index (χ2n) is 5.95. The lowest BCUT2D eigenvalue weighted by molar-refractivity contribution is -0.118. The summed E-state index contributed by atoms with van der Waals surface area (Å²) in [5.41, 5.74) is 5.75. The highest BCUT2D eigenvalue weighted by Crippen LogP contribution is 2.17. The van der Waals surface area contributed by atoms with Crippen LogP contribution in [0.4, 0.5) is 11.4 Å². The minimum Gasteiger partial charge on any atom is -0.385 e. The first-order chi connectivity index (χ1) is 11.0. The van der Waals surface area contributed by atoms with Crippen molar-refractivity contribution in [1.29, 1.82) is 0 Å². The van der Waals surface area contributed by atoms with Gasteiger partial charge in [-0.2, -0.15) is 0 Å². The first kappa shape index (κ1) is 17.1. The smallest absolute Gasteiger partial charge is 0.228 e. The Hall–Kier alpha value is -2.29. The van der Waals surface area contributed by atoms with Gasteiger partial charge in [0.15, 0.2) is 0 Å². The molecular formula is C20H26N2O. The van der Waals surface area contributed by atoms with E-state index < -0.39 is 0 Å². The molecule has 0 saturated heterocycles. The van der Waals surface area contributed by atoms with Crippen molar-refractivity contribution >= 4 is 17.3 Å². The Morgan fingerprint density at radius 3 is 2.48 bits per heavy atom. The largest absolute Gasteiger partial charge is 0.385 e. The SMILES string of the molecule is CCN(C(=O)CCNc1ccc(C)c(C)c1)c1cccc(C)c1. The maximum Gasteiger partial charge on any atom is 0.228 e. The molecular weight excluding hydrogens is 284 g/mol. The molecule has 2 aromatic rings. The Kier molecular flexibility index (Phi) is 5.80. The van der Waals surface area contributed by atoms with Gasteiger partial charge in [-0.3, -0.25) is 4.79 Å². The van der Waals surface area contributed by atoms with E-state index in [9.17, 15) is 4.79 Å². The molecule has 0 unspecified atom stereocenters. The molecule has 0 bridgehead atoms. The highest BCUT2D eigenvalue weighted by atomic mass is 16.2. The number of hydrogen-bond donors (Lipinski definition) is 1. The minimum atomic E-state index is 0.148. The number of amides is 1. The van der Waals surface area contributed by atoms with Gasteiger partial charge < -0.3 is 10.2 Å². The third-order valence-electron chi connectivity index (χ3n) is 4.11. The Morgan fingerprint density at radius 1 is 1.04 bits per heavy atom. The van der Waals surface area contributed by atoms with Gasteiger partial charge in [0.25, 0.3) is 0 Å². The molecule has 0 aliphatic rings.